The van der Waals surface area contributed by atoms with Crippen LogP contribution in [0.3, 0.4) is 0 Å². The highest BCUT2D eigenvalue weighted by Gasteiger charge is 2.12. The molecule has 1 heterocycles. The summed E-state index contributed by atoms with van der Waals surface area (Å²) in [6.45, 7) is 8.36. The van der Waals surface area contributed by atoms with Crippen molar-refractivity contribution in [3.8, 4) is 0 Å². The lowest BCUT2D eigenvalue weighted by atomic mass is 10.1. The van der Waals surface area contributed by atoms with Crippen molar-refractivity contribution in [2.75, 3.05) is 17.2 Å². The molecule has 0 saturated carbocycles. The number of hydrogen-bond acceptors (Lipinski definition) is 3. The molecule has 4 heteroatoms. The molecule has 0 aliphatic heterocycles. The summed E-state index contributed by atoms with van der Waals surface area (Å²) in [5.74, 6) is -0.203. The first kappa shape index (κ1) is 15.8. The van der Waals surface area contributed by atoms with E-state index in [1.54, 1.807) is 18.3 Å². The van der Waals surface area contributed by atoms with Gasteiger partial charge in [0.2, 0.25) is 0 Å². The molecule has 114 valence electrons. The Morgan fingerprint density at radius 1 is 1.36 bits per heavy atom. The monoisotopic (exact) mass is 295 g/mol. The van der Waals surface area contributed by atoms with Crippen LogP contribution in [0.15, 0.2) is 49.2 Å². The Bertz CT molecular complexity index is 680. The number of nitrogens with zero attached hydrogens (tertiary/aromatic N) is 1. The number of pyridine rings is 1. The van der Waals surface area contributed by atoms with Crippen molar-refractivity contribution in [2.45, 2.75) is 20.3 Å². The minimum atomic E-state index is -0.203. The number of anilines is 2. The van der Waals surface area contributed by atoms with Crippen LogP contribution in [0.1, 0.15) is 28.5 Å². The van der Waals surface area contributed by atoms with E-state index in [0.29, 0.717) is 12.2 Å². The Kier molecular flexibility index (Phi) is 5.31. The molecule has 0 atom stereocenters. The lowest BCUT2D eigenvalue weighted by Crippen LogP contribution is -2.16. The maximum absolute atomic E-state index is 12.4. The molecule has 1 amide bonds. The van der Waals surface area contributed by atoms with E-state index in [9.17, 15) is 4.79 Å². The predicted molar refractivity (Wildman–Crippen MR) is 91.4 cm³/mol. The van der Waals surface area contributed by atoms with Crippen LogP contribution in [-0.2, 0) is 6.42 Å². The number of rotatable bonds is 6. The largest absolute Gasteiger partial charge is 0.381 e. The summed E-state index contributed by atoms with van der Waals surface area (Å²) < 4.78 is 0. The molecule has 4 nitrogen and oxygen atoms in total. The summed E-state index contributed by atoms with van der Waals surface area (Å²) in [7, 11) is 0. The van der Waals surface area contributed by atoms with Gasteiger partial charge in [0.1, 0.15) is 5.69 Å². The molecule has 0 aliphatic rings. The predicted octanol–water partition coefficient (Wildman–Crippen LogP) is 3.80. The number of aryl methyl sites for hydroxylation is 2. The van der Waals surface area contributed by atoms with Gasteiger partial charge in [0.25, 0.3) is 5.91 Å². The van der Waals surface area contributed by atoms with E-state index < -0.39 is 0 Å². The lowest BCUT2D eigenvalue weighted by Gasteiger charge is -2.13. The van der Waals surface area contributed by atoms with Crippen LogP contribution in [0.5, 0.6) is 0 Å². The van der Waals surface area contributed by atoms with Crippen LogP contribution in [0.25, 0.3) is 0 Å². The standard InChI is InChI=1S/C18H21N3O/c1-4-10-19-15-9-11-20-16(12-15)18(22)21-17-13(3)7-6-8-14(17)5-2/h4,6-9,11-12H,1,5,10H2,2-3H3,(H,19,20)(H,21,22). The smallest absolute Gasteiger partial charge is 0.274 e. The molecule has 2 rings (SSSR count). The quantitative estimate of drug-likeness (QED) is 0.797. The van der Waals surface area contributed by atoms with Crippen molar-refractivity contribution in [3.63, 3.8) is 0 Å². The molecule has 22 heavy (non-hydrogen) atoms. The topological polar surface area (TPSA) is 54.0 Å². The summed E-state index contributed by atoms with van der Waals surface area (Å²) in [5.41, 5.74) is 4.28. The van der Waals surface area contributed by atoms with Gasteiger partial charge in [-0.15, -0.1) is 6.58 Å². The van der Waals surface area contributed by atoms with E-state index in [4.69, 9.17) is 0 Å². The Morgan fingerprint density at radius 3 is 2.91 bits per heavy atom. The third kappa shape index (κ3) is 3.73. The SMILES string of the molecule is C=CCNc1ccnc(C(=O)Nc2c(C)cccc2CC)c1. The van der Waals surface area contributed by atoms with Gasteiger partial charge < -0.3 is 10.6 Å². The second-order valence-corrected chi connectivity index (χ2v) is 5.02. The lowest BCUT2D eigenvalue weighted by molar-refractivity contribution is 0.102. The summed E-state index contributed by atoms with van der Waals surface area (Å²) in [4.78, 5) is 16.6. The summed E-state index contributed by atoms with van der Waals surface area (Å²) in [5, 5.41) is 6.13. The highest BCUT2D eigenvalue weighted by Crippen LogP contribution is 2.22. The fraction of sp³-hybridized carbons (Fsp3) is 0.222. The minimum absolute atomic E-state index is 0.203. The Balaban J connectivity index is 2.21. The highest BCUT2D eigenvalue weighted by atomic mass is 16.1. The fourth-order valence-corrected chi connectivity index (χ4v) is 2.23. The van der Waals surface area contributed by atoms with Gasteiger partial charge in [-0.1, -0.05) is 31.2 Å². The van der Waals surface area contributed by atoms with E-state index in [0.717, 1.165) is 28.9 Å². The van der Waals surface area contributed by atoms with E-state index in [1.165, 1.54) is 0 Å². The number of nitrogens with one attached hydrogen (secondary N) is 2. The van der Waals surface area contributed by atoms with Crippen LogP contribution < -0.4 is 10.6 Å². The van der Waals surface area contributed by atoms with Crippen LogP contribution in [0.2, 0.25) is 0 Å². The van der Waals surface area contributed by atoms with E-state index in [-0.39, 0.29) is 5.91 Å². The van der Waals surface area contributed by atoms with Gasteiger partial charge in [0, 0.05) is 24.1 Å². The Morgan fingerprint density at radius 2 is 2.18 bits per heavy atom. The van der Waals surface area contributed by atoms with Gasteiger partial charge in [-0.3, -0.25) is 9.78 Å². The number of hydrogen-bond donors (Lipinski definition) is 2. The molecule has 2 aromatic rings. The van der Waals surface area contributed by atoms with Gasteiger partial charge in [0.05, 0.1) is 0 Å². The van der Waals surface area contributed by atoms with Gasteiger partial charge in [0.15, 0.2) is 0 Å². The van der Waals surface area contributed by atoms with Crippen LogP contribution in [-0.4, -0.2) is 17.4 Å². The molecule has 1 aromatic carbocycles. The van der Waals surface area contributed by atoms with Crippen molar-refractivity contribution in [1.82, 2.24) is 4.98 Å². The average molecular weight is 295 g/mol. The average Bonchev–Trinajstić information content (AvgIpc) is 2.55. The normalized spacial score (nSPS) is 10.1. The summed E-state index contributed by atoms with van der Waals surface area (Å²) >= 11 is 0. The third-order valence-electron chi connectivity index (χ3n) is 3.42. The molecular formula is C18H21N3O. The van der Waals surface area contributed by atoms with Gasteiger partial charge >= 0.3 is 0 Å². The van der Waals surface area contributed by atoms with E-state index in [1.807, 2.05) is 31.2 Å². The zero-order chi connectivity index (χ0) is 15.9. The van der Waals surface area contributed by atoms with Crippen molar-refractivity contribution in [1.29, 1.82) is 0 Å². The highest BCUT2D eigenvalue weighted by molar-refractivity contribution is 6.04. The van der Waals surface area contributed by atoms with Gasteiger partial charge in [-0.25, -0.2) is 0 Å². The van der Waals surface area contributed by atoms with Crippen molar-refractivity contribution in [3.05, 3.63) is 66.0 Å². The first-order valence-corrected chi connectivity index (χ1v) is 7.36. The van der Waals surface area contributed by atoms with Crippen molar-refractivity contribution >= 4 is 17.3 Å². The maximum atomic E-state index is 12.4. The number of carbonyl (C=O) groups excluding carboxylic acids is 1. The number of benzene rings is 1. The first-order chi connectivity index (χ1) is 10.7. The molecular weight excluding hydrogens is 274 g/mol. The molecule has 0 bridgehead atoms. The number of para-hydroxylation sites is 1. The number of aromatic nitrogens is 1. The van der Waals surface area contributed by atoms with Crippen LogP contribution in [0, 0.1) is 6.92 Å². The third-order valence-corrected chi connectivity index (χ3v) is 3.42. The fourth-order valence-electron chi connectivity index (χ4n) is 2.23. The number of carbonyl (C=O) groups is 1. The molecule has 0 radical (unpaired) electrons. The Hall–Kier alpha value is -2.62. The number of amides is 1. The first-order valence-electron chi connectivity index (χ1n) is 7.36. The van der Waals surface area contributed by atoms with Gasteiger partial charge in [-0.2, -0.15) is 0 Å². The molecule has 0 aliphatic carbocycles. The molecule has 1 aromatic heterocycles. The second-order valence-electron chi connectivity index (χ2n) is 5.02. The molecule has 0 fully saturated rings. The van der Waals surface area contributed by atoms with Crippen LogP contribution in [0.4, 0.5) is 11.4 Å². The van der Waals surface area contributed by atoms with Crippen LogP contribution >= 0.6 is 0 Å². The Labute approximate surface area is 131 Å². The van der Waals surface area contributed by atoms with Crippen molar-refractivity contribution < 1.29 is 4.79 Å². The summed E-state index contributed by atoms with van der Waals surface area (Å²) in [6.07, 6.45) is 4.26. The van der Waals surface area contributed by atoms with Gasteiger partial charge in [-0.05, 0) is 36.6 Å². The molecule has 0 saturated heterocycles. The zero-order valence-corrected chi connectivity index (χ0v) is 13.0. The molecule has 0 unspecified atom stereocenters. The van der Waals surface area contributed by atoms with E-state index in [2.05, 4.69) is 29.1 Å². The summed E-state index contributed by atoms with van der Waals surface area (Å²) in [6, 6.07) is 9.58. The van der Waals surface area contributed by atoms with E-state index >= 15 is 0 Å². The molecule has 2 N–H and O–H groups in total. The maximum Gasteiger partial charge on any atom is 0.274 e. The zero-order valence-electron chi connectivity index (χ0n) is 13.0. The molecule has 0 spiro atoms. The second kappa shape index (κ2) is 7.41. The van der Waals surface area contributed by atoms with Crippen molar-refractivity contribution in [2.24, 2.45) is 0 Å². The minimum Gasteiger partial charge on any atom is -0.381 e.